The fraction of sp³-hybridized carbons (Fsp3) is 0.867. The van der Waals surface area contributed by atoms with Gasteiger partial charge in [0.15, 0.2) is 0 Å². The Kier molecular flexibility index (Phi) is 15.0. The van der Waals surface area contributed by atoms with Gasteiger partial charge >= 0.3 is 11.9 Å². The molecule has 0 saturated heterocycles. The average Bonchev–Trinajstić information content (AvgIpc) is 2.51. The lowest BCUT2D eigenvalue weighted by atomic mass is 9.99. The van der Waals surface area contributed by atoms with Gasteiger partial charge < -0.3 is 30.3 Å². The van der Waals surface area contributed by atoms with Gasteiger partial charge in [-0.15, -0.1) is 0 Å². The molecule has 0 bridgehead atoms. The zero-order valence-electron chi connectivity index (χ0n) is 13.9. The number of carboxylic acid groups (broad SMARTS) is 2. The molecule has 5 N–H and O–H groups in total. The zero-order chi connectivity index (χ0) is 18.3. The van der Waals surface area contributed by atoms with Gasteiger partial charge in [0.1, 0.15) is 6.10 Å². The highest BCUT2D eigenvalue weighted by atomic mass is 16.5. The molecule has 0 spiro atoms. The van der Waals surface area contributed by atoms with Crippen molar-refractivity contribution in [3.05, 3.63) is 0 Å². The summed E-state index contributed by atoms with van der Waals surface area (Å²) >= 11 is 0. The molecule has 1 unspecified atom stereocenters. The molecule has 0 saturated carbocycles. The summed E-state index contributed by atoms with van der Waals surface area (Å²) in [5, 5.41) is 43.4. The molecular weight excluding hydrogens is 308 g/mol. The van der Waals surface area contributed by atoms with Crippen LogP contribution in [-0.4, -0.2) is 69.0 Å². The van der Waals surface area contributed by atoms with E-state index in [0.717, 1.165) is 0 Å². The third kappa shape index (κ3) is 17.0. The minimum atomic E-state index is -0.870. The van der Waals surface area contributed by atoms with Crippen LogP contribution < -0.4 is 0 Å². The molecule has 0 rings (SSSR count). The summed E-state index contributed by atoms with van der Waals surface area (Å²) in [6.07, 6.45) is 1.42. The number of hydrogen-bond acceptors (Lipinski definition) is 6. The number of carbonyl (C=O) groups is 2. The fourth-order valence-electron chi connectivity index (χ4n) is 1.44. The van der Waals surface area contributed by atoms with Crippen LogP contribution in [0.25, 0.3) is 0 Å². The lowest BCUT2D eigenvalue weighted by Crippen LogP contribution is -2.34. The standard InChI is InChI=1S/C9H20O4.C6H10O4/c1-3-9(12,4-2)7-13-6-8(11)5-10;7-5(8)3-1-2-4-6(9)10/h8,10-12H,3-7H2,1-2H3;1-4H2,(H,7,8)(H,9,10). The highest BCUT2D eigenvalue weighted by molar-refractivity contribution is 5.67. The summed E-state index contributed by atoms with van der Waals surface area (Å²) in [7, 11) is 0. The van der Waals surface area contributed by atoms with Gasteiger partial charge in [-0.2, -0.15) is 0 Å². The summed E-state index contributed by atoms with van der Waals surface area (Å²) in [6, 6.07) is 0. The van der Waals surface area contributed by atoms with Gasteiger partial charge in [0.25, 0.3) is 0 Å². The Bertz CT molecular complexity index is 299. The lowest BCUT2D eigenvalue weighted by Gasteiger charge is -2.25. The number of aliphatic hydroxyl groups excluding tert-OH is 2. The van der Waals surface area contributed by atoms with Gasteiger partial charge in [0, 0.05) is 12.8 Å². The monoisotopic (exact) mass is 338 g/mol. The van der Waals surface area contributed by atoms with E-state index in [1.165, 1.54) is 0 Å². The SMILES string of the molecule is CCC(O)(CC)COCC(O)CO.O=C(O)CCCCC(=O)O. The zero-order valence-corrected chi connectivity index (χ0v) is 13.9. The van der Waals surface area contributed by atoms with Crippen LogP contribution in [0.1, 0.15) is 52.4 Å². The Hall–Kier alpha value is -1.22. The fourth-order valence-corrected chi connectivity index (χ4v) is 1.44. The van der Waals surface area contributed by atoms with Crippen LogP contribution in [0.15, 0.2) is 0 Å². The molecule has 0 heterocycles. The van der Waals surface area contributed by atoms with E-state index >= 15 is 0 Å². The van der Waals surface area contributed by atoms with Crippen molar-refractivity contribution in [2.75, 3.05) is 19.8 Å². The van der Waals surface area contributed by atoms with Crippen LogP contribution in [0.5, 0.6) is 0 Å². The van der Waals surface area contributed by atoms with Gasteiger partial charge in [-0.1, -0.05) is 13.8 Å². The second-order valence-electron chi connectivity index (χ2n) is 5.28. The van der Waals surface area contributed by atoms with Gasteiger partial charge in [0.2, 0.25) is 0 Å². The number of aliphatic carboxylic acids is 2. The summed E-state index contributed by atoms with van der Waals surface area (Å²) < 4.78 is 5.07. The minimum absolute atomic E-state index is 0.0628. The number of unbranched alkanes of at least 4 members (excludes halogenated alkanes) is 1. The third-order valence-corrected chi connectivity index (χ3v) is 3.24. The molecule has 138 valence electrons. The number of aliphatic hydroxyl groups is 3. The van der Waals surface area contributed by atoms with E-state index in [1.807, 2.05) is 13.8 Å². The first-order chi connectivity index (χ1) is 10.7. The maximum Gasteiger partial charge on any atom is 0.303 e. The molecule has 0 aliphatic heterocycles. The molecule has 0 aromatic heterocycles. The third-order valence-electron chi connectivity index (χ3n) is 3.24. The Morgan fingerprint density at radius 2 is 1.48 bits per heavy atom. The van der Waals surface area contributed by atoms with E-state index in [4.69, 9.17) is 25.2 Å². The van der Waals surface area contributed by atoms with Crippen molar-refractivity contribution in [1.82, 2.24) is 0 Å². The van der Waals surface area contributed by atoms with Crippen LogP contribution in [0.2, 0.25) is 0 Å². The van der Waals surface area contributed by atoms with Crippen molar-refractivity contribution >= 4 is 11.9 Å². The van der Waals surface area contributed by atoms with Crippen LogP contribution in [0.4, 0.5) is 0 Å². The highest BCUT2D eigenvalue weighted by Crippen LogP contribution is 2.14. The second-order valence-corrected chi connectivity index (χ2v) is 5.28. The van der Waals surface area contributed by atoms with Gasteiger partial charge in [0.05, 0.1) is 25.4 Å². The van der Waals surface area contributed by atoms with E-state index in [-0.39, 0.29) is 32.7 Å². The predicted octanol–water partition coefficient (Wildman–Crippen LogP) is 0.623. The smallest absolute Gasteiger partial charge is 0.303 e. The maximum atomic E-state index is 9.90. The van der Waals surface area contributed by atoms with Crippen LogP contribution in [0.3, 0.4) is 0 Å². The van der Waals surface area contributed by atoms with Crippen molar-refractivity contribution < 1.29 is 39.9 Å². The number of rotatable bonds is 12. The quantitative estimate of drug-likeness (QED) is 0.326. The highest BCUT2D eigenvalue weighted by Gasteiger charge is 2.22. The van der Waals surface area contributed by atoms with Gasteiger partial charge in [-0.05, 0) is 25.7 Å². The average molecular weight is 338 g/mol. The molecule has 0 aromatic carbocycles. The molecule has 8 heteroatoms. The van der Waals surface area contributed by atoms with Crippen LogP contribution in [-0.2, 0) is 14.3 Å². The summed E-state index contributed by atoms with van der Waals surface area (Å²) in [5.74, 6) is -1.74. The summed E-state index contributed by atoms with van der Waals surface area (Å²) in [4.78, 5) is 19.8. The van der Waals surface area contributed by atoms with Crippen LogP contribution in [0, 0.1) is 0 Å². The van der Waals surface area contributed by atoms with E-state index in [1.54, 1.807) is 0 Å². The number of carboxylic acids is 2. The van der Waals surface area contributed by atoms with Gasteiger partial charge in [-0.3, -0.25) is 9.59 Å². The van der Waals surface area contributed by atoms with Crippen molar-refractivity contribution in [1.29, 1.82) is 0 Å². The Morgan fingerprint density at radius 3 is 1.78 bits per heavy atom. The van der Waals surface area contributed by atoms with Crippen molar-refractivity contribution in [3.8, 4) is 0 Å². The second kappa shape index (κ2) is 14.4. The first-order valence-electron chi connectivity index (χ1n) is 7.73. The van der Waals surface area contributed by atoms with E-state index in [0.29, 0.717) is 25.7 Å². The first kappa shape index (κ1) is 24.0. The Labute approximate surface area is 136 Å². The summed E-state index contributed by atoms with van der Waals surface area (Å²) in [6.45, 7) is 3.73. The predicted molar refractivity (Wildman–Crippen MR) is 83.2 cm³/mol. The van der Waals surface area contributed by atoms with E-state index in [9.17, 15) is 14.7 Å². The van der Waals surface area contributed by atoms with Crippen molar-refractivity contribution in [2.24, 2.45) is 0 Å². The number of hydrogen-bond donors (Lipinski definition) is 5. The lowest BCUT2D eigenvalue weighted by molar-refractivity contribution is -0.139. The minimum Gasteiger partial charge on any atom is -0.481 e. The Balaban J connectivity index is 0. The molecule has 0 amide bonds. The van der Waals surface area contributed by atoms with Crippen molar-refractivity contribution in [3.63, 3.8) is 0 Å². The molecule has 0 radical (unpaired) electrons. The molecule has 0 aliphatic carbocycles. The summed E-state index contributed by atoms with van der Waals surface area (Å²) in [5.41, 5.74) is -0.796. The van der Waals surface area contributed by atoms with Crippen LogP contribution >= 0.6 is 0 Å². The molecule has 8 nitrogen and oxygen atoms in total. The first-order valence-corrected chi connectivity index (χ1v) is 7.73. The number of ether oxygens (including phenoxy) is 1. The molecule has 1 atom stereocenters. The molecule has 0 fully saturated rings. The Morgan fingerprint density at radius 1 is 1.04 bits per heavy atom. The van der Waals surface area contributed by atoms with E-state index < -0.39 is 23.6 Å². The molecule has 0 aliphatic rings. The van der Waals surface area contributed by atoms with E-state index in [2.05, 4.69) is 0 Å². The van der Waals surface area contributed by atoms with Gasteiger partial charge in [-0.25, -0.2) is 0 Å². The van der Waals surface area contributed by atoms with Crippen molar-refractivity contribution in [2.45, 2.75) is 64.1 Å². The molecular formula is C15H30O8. The maximum absolute atomic E-state index is 9.90. The molecule has 0 aromatic rings. The topological polar surface area (TPSA) is 145 Å². The largest absolute Gasteiger partial charge is 0.481 e. The molecule has 23 heavy (non-hydrogen) atoms. The normalized spacial score (nSPS) is 12.2.